The molecule has 0 aliphatic carbocycles. The Labute approximate surface area is 190 Å². The number of amides is 2. The molecule has 2 N–H and O–H groups in total. The summed E-state index contributed by atoms with van der Waals surface area (Å²) in [5.74, 6) is -0.137. The lowest BCUT2D eigenvalue weighted by Crippen LogP contribution is -2.14. The monoisotopic (exact) mass is 454 g/mol. The smallest absolute Gasteiger partial charge is 0.257 e. The van der Waals surface area contributed by atoms with Crippen LogP contribution in [0.1, 0.15) is 49.2 Å². The van der Waals surface area contributed by atoms with E-state index in [4.69, 9.17) is 0 Å². The quantitative estimate of drug-likeness (QED) is 0.370. The lowest BCUT2D eigenvalue weighted by molar-refractivity contribution is -0.113. The molecule has 8 heteroatoms. The van der Waals surface area contributed by atoms with Gasteiger partial charge in [0.1, 0.15) is 0 Å². The predicted molar refractivity (Wildman–Crippen MR) is 128 cm³/mol. The molecular formula is C23H26N4O2S2. The highest BCUT2D eigenvalue weighted by Gasteiger charge is 2.15. The van der Waals surface area contributed by atoms with Crippen LogP contribution >= 0.6 is 23.1 Å². The van der Waals surface area contributed by atoms with Crippen LogP contribution in [0.3, 0.4) is 0 Å². The molecule has 0 saturated heterocycles. The van der Waals surface area contributed by atoms with E-state index in [1.165, 1.54) is 34.2 Å². The zero-order chi connectivity index (χ0) is 22.4. The van der Waals surface area contributed by atoms with Gasteiger partial charge in [0.25, 0.3) is 5.91 Å². The van der Waals surface area contributed by atoms with Crippen molar-refractivity contribution in [2.45, 2.75) is 43.9 Å². The number of thioether (sulfide) groups is 1. The normalized spacial score (nSPS) is 11.2. The van der Waals surface area contributed by atoms with Crippen LogP contribution in [0.25, 0.3) is 0 Å². The fourth-order valence-electron chi connectivity index (χ4n) is 2.76. The molecule has 1 heterocycles. The molecule has 3 aromatic rings. The lowest BCUT2D eigenvalue weighted by Gasteiger charge is -2.18. The maximum atomic E-state index is 12.5. The van der Waals surface area contributed by atoms with Crippen molar-refractivity contribution >= 4 is 45.7 Å². The number of nitrogens with one attached hydrogen (secondary N) is 2. The van der Waals surface area contributed by atoms with E-state index in [1.54, 1.807) is 0 Å². The van der Waals surface area contributed by atoms with Gasteiger partial charge in [-0.25, -0.2) is 0 Å². The van der Waals surface area contributed by atoms with Crippen LogP contribution in [-0.2, 0) is 16.6 Å². The maximum Gasteiger partial charge on any atom is 0.257 e. The Balaban J connectivity index is 1.50. The van der Waals surface area contributed by atoms with Crippen molar-refractivity contribution in [2.24, 2.45) is 0 Å². The van der Waals surface area contributed by atoms with Crippen LogP contribution in [0.4, 0.5) is 10.8 Å². The van der Waals surface area contributed by atoms with Gasteiger partial charge >= 0.3 is 0 Å². The Morgan fingerprint density at radius 3 is 2.26 bits per heavy atom. The number of aryl methyl sites for hydroxylation is 1. The van der Waals surface area contributed by atoms with Gasteiger partial charge in [0, 0.05) is 11.3 Å². The Morgan fingerprint density at radius 1 is 0.968 bits per heavy atom. The van der Waals surface area contributed by atoms with Crippen molar-refractivity contribution in [3.8, 4) is 0 Å². The minimum atomic E-state index is -0.235. The number of hydrogen-bond acceptors (Lipinski definition) is 6. The fraction of sp³-hybridized carbons (Fsp3) is 0.304. The minimum Gasteiger partial charge on any atom is -0.325 e. The van der Waals surface area contributed by atoms with Gasteiger partial charge in [-0.05, 0) is 47.2 Å². The van der Waals surface area contributed by atoms with Crippen LogP contribution in [0, 0.1) is 0 Å². The van der Waals surface area contributed by atoms with Crippen molar-refractivity contribution in [3.63, 3.8) is 0 Å². The third-order valence-corrected chi connectivity index (χ3v) is 6.58. The van der Waals surface area contributed by atoms with Gasteiger partial charge in [-0.15, -0.1) is 10.2 Å². The third-order valence-electron chi connectivity index (χ3n) is 4.61. The fourth-order valence-corrected chi connectivity index (χ4v) is 4.30. The number of nitrogens with zero attached hydrogens (tertiary/aromatic N) is 2. The van der Waals surface area contributed by atoms with Gasteiger partial charge in [0.15, 0.2) is 4.34 Å². The maximum absolute atomic E-state index is 12.5. The molecule has 6 nitrogen and oxygen atoms in total. The standard InChI is InChI=1S/C23H26N4O2S2/c1-5-15-6-12-18(13-7-15)24-19(28)14-30-22-27-26-21(31-22)25-20(29)16-8-10-17(11-9-16)23(2,3)4/h6-13H,5,14H2,1-4H3,(H,24,28)(H,25,26,29). The van der Waals surface area contributed by atoms with Crippen molar-refractivity contribution in [1.29, 1.82) is 0 Å². The number of hydrogen-bond donors (Lipinski definition) is 2. The van der Waals surface area contributed by atoms with Gasteiger partial charge in [-0.1, -0.05) is 75.1 Å². The van der Waals surface area contributed by atoms with Crippen molar-refractivity contribution in [1.82, 2.24) is 10.2 Å². The zero-order valence-corrected chi connectivity index (χ0v) is 19.7. The summed E-state index contributed by atoms with van der Waals surface area (Å²) in [5.41, 5.74) is 3.75. The van der Waals surface area contributed by atoms with E-state index in [2.05, 4.69) is 48.5 Å². The summed E-state index contributed by atoms with van der Waals surface area (Å²) in [6, 6.07) is 15.3. The van der Waals surface area contributed by atoms with E-state index >= 15 is 0 Å². The van der Waals surface area contributed by atoms with E-state index in [0.717, 1.165) is 12.1 Å². The van der Waals surface area contributed by atoms with Crippen LogP contribution in [0.2, 0.25) is 0 Å². The molecule has 0 saturated carbocycles. The summed E-state index contributed by atoms with van der Waals surface area (Å²) in [4.78, 5) is 24.6. The summed E-state index contributed by atoms with van der Waals surface area (Å²) in [6.45, 7) is 8.48. The molecule has 0 unspecified atom stereocenters. The summed E-state index contributed by atoms with van der Waals surface area (Å²) in [6.07, 6.45) is 0.961. The van der Waals surface area contributed by atoms with Crippen molar-refractivity contribution < 1.29 is 9.59 Å². The predicted octanol–water partition coefficient (Wildman–Crippen LogP) is 5.38. The van der Waals surface area contributed by atoms with Crippen LogP contribution < -0.4 is 10.6 Å². The van der Waals surface area contributed by atoms with E-state index in [-0.39, 0.29) is 23.0 Å². The number of anilines is 2. The average Bonchev–Trinajstić information content (AvgIpc) is 3.19. The second-order valence-electron chi connectivity index (χ2n) is 8.04. The SMILES string of the molecule is CCc1ccc(NC(=O)CSc2nnc(NC(=O)c3ccc(C(C)(C)C)cc3)s2)cc1. The summed E-state index contributed by atoms with van der Waals surface area (Å²) in [5, 5.41) is 14.1. The van der Waals surface area contributed by atoms with Gasteiger partial charge in [0.2, 0.25) is 11.0 Å². The highest BCUT2D eigenvalue weighted by Crippen LogP contribution is 2.26. The molecule has 2 amide bonds. The van der Waals surface area contributed by atoms with Crippen molar-refractivity contribution in [3.05, 3.63) is 65.2 Å². The molecule has 0 aliphatic rings. The van der Waals surface area contributed by atoms with Gasteiger partial charge in [0.05, 0.1) is 5.75 Å². The first-order valence-electron chi connectivity index (χ1n) is 10.0. The number of rotatable bonds is 7. The first-order valence-corrected chi connectivity index (χ1v) is 11.8. The molecule has 1 aromatic heterocycles. The van der Waals surface area contributed by atoms with Crippen molar-refractivity contribution in [2.75, 3.05) is 16.4 Å². The number of carbonyl (C=O) groups is 2. The summed E-state index contributed by atoms with van der Waals surface area (Å²) >= 11 is 2.53. The van der Waals surface area contributed by atoms with Gasteiger partial charge in [-0.2, -0.15) is 0 Å². The number of carbonyl (C=O) groups excluding carboxylic acids is 2. The first kappa shape index (κ1) is 23.0. The molecule has 3 rings (SSSR count). The highest BCUT2D eigenvalue weighted by atomic mass is 32.2. The number of aromatic nitrogens is 2. The van der Waals surface area contributed by atoms with E-state index in [0.29, 0.717) is 15.0 Å². The van der Waals surface area contributed by atoms with Crippen LogP contribution in [-0.4, -0.2) is 27.8 Å². The van der Waals surface area contributed by atoms with E-state index < -0.39 is 0 Å². The Hall–Kier alpha value is -2.71. The Bertz CT molecular complexity index is 1040. The second kappa shape index (κ2) is 10.1. The molecule has 31 heavy (non-hydrogen) atoms. The zero-order valence-electron chi connectivity index (χ0n) is 18.1. The Kier molecular flexibility index (Phi) is 7.46. The minimum absolute atomic E-state index is 0.0333. The topological polar surface area (TPSA) is 84.0 Å². The highest BCUT2D eigenvalue weighted by molar-refractivity contribution is 8.01. The largest absolute Gasteiger partial charge is 0.325 e. The molecular weight excluding hydrogens is 428 g/mol. The molecule has 0 aliphatic heterocycles. The molecule has 0 fully saturated rings. The number of benzene rings is 2. The summed E-state index contributed by atoms with van der Waals surface area (Å²) < 4.78 is 0.620. The molecule has 0 spiro atoms. The molecule has 2 aromatic carbocycles. The molecule has 0 bridgehead atoms. The van der Waals surface area contributed by atoms with E-state index in [1.807, 2.05) is 48.5 Å². The molecule has 162 valence electrons. The molecule has 0 radical (unpaired) electrons. The Morgan fingerprint density at radius 2 is 1.65 bits per heavy atom. The molecule has 0 atom stereocenters. The second-order valence-corrected chi connectivity index (χ2v) is 10.2. The van der Waals surface area contributed by atoms with Gasteiger partial charge < -0.3 is 5.32 Å². The lowest BCUT2D eigenvalue weighted by atomic mass is 9.87. The van der Waals surface area contributed by atoms with Crippen LogP contribution in [0.15, 0.2) is 52.9 Å². The first-order chi connectivity index (χ1) is 14.7. The van der Waals surface area contributed by atoms with Crippen LogP contribution in [0.5, 0.6) is 0 Å². The average molecular weight is 455 g/mol. The third kappa shape index (κ3) is 6.63. The van der Waals surface area contributed by atoms with E-state index in [9.17, 15) is 9.59 Å². The van der Waals surface area contributed by atoms with Gasteiger partial charge in [-0.3, -0.25) is 14.9 Å². The summed E-state index contributed by atoms with van der Waals surface area (Å²) in [7, 11) is 0.